The number of aryl methyl sites for hydroxylation is 1. The summed E-state index contributed by atoms with van der Waals surface area (Å²) in [6.45, 7) is 14.1. The van der Waals surface area contributed by atoms with E-state index in [0.29, 0.717) is 12.0 Å². The van der Waals surface area contributed by atoms with Crippen LogP contribution in [0.15, 0.2) is 92.4 Å². The fraction of sp³-hybridized carbons (Fsp3) is 0.270. The van der Waals surface area contributed by atoms with Gasteiger partial charge >= 0.3 is 0 Å². The number of halogens is 3. The van der Waals surface area contributed by atoms with Crippen LogP contribution in [-0.2, 0) is 6.42 Å². The summed E-state index contributed by atoms with van der Waals surface area (Å²) in [5.41, 5.74) is 7.80. The van der Waals surface area contributed by atoms with Gasteiger partial charge in [-0.05, 0) is 91.4 Å². The standard InChI is InChI=1S/C35H36F2N4.C2H5F/c1-5-9-26(14-15-38-6-2)30-20-34-28(18-32(30)37)19-33(40-34)24(4)29-21-39-41(22-29)35-13-12-25(16-23(35)3)17-27-10-7-8-11-31(27)36;1-2-3/h6-8,10-13,16,18-22,26,38,40H,2,4-5,9,14-15,17H2,1,3H3;2H2,1H3. The van der Waals surface area contributed by atoms with Crippen LogP contribution < -0.4 is 5.32 Å². The van der Waals surface area contributed by atoms with E-state index in [9.17, 15) is 8.78 Å². The minimum absolute atomic E-state index is 0.131. The highest BCUT2D eigenvalue weighted by Crippen LogP contribution is 2.32. The molecule has 0 radical (unpaired) electrons. The zero-order valence-corrected chi connectivity index (χ0v) is 25.8. The normalized spacial score (nSPS) is 11.6. The first-order valence-corrected chi connectivity index (χ1v) is 15.1. The van der Waals surface area contributed by atoms with Crippen molar-refractivity contribution in [3.05, 3.63) is 138 Å². The molecule has 0 spiro atoms. The van der Waals surface area contributed by atoms with Gasteiger partial charge in [0.1, 0.15) is 11.6 Å². The first-order valence-electron chi connectivity index (χ1n) is 15.1. The largest absolute Gasteiger partial charge is 0.391 e. The van der Waals surface area contributed by atoms with E-state index >= 15 is 4.39 Å². The lowest BCUT2D eigenvalue weighted by Gasteiger charge is -2.17. The third kappa shape index (κ3) is 7.70. The molecule has 3 aromatic carbocycles. The van der Waals surface area contributed by atoms with Crippen LogP contribution in [0.5, 0.6) is 0 Å². The molecule has 1 atom stereocenters. The van der Waals surface area contributed by atoms with Gasteiger partial charge in [0.25, 0.3) is 0 Å². The molecule has 5 aromatic rings. The van der Waals surface area contributed by atoms with E-state index in [-0.39, 0.29) is 24.2 Å². The average Bonchev–Trinajstić information content (AvgIpc) is 3.65. The first kappa shape index (κ1) is 32.4. The topological polar surface area (TPSA) is 45.6 Å². The fourth-order valence-corrected chi connectivity index (χ4v) is 5.52. The number of alkyl halides is 1. The highest BCUT2D eigenvalue weighted by atomic mass is 19.1. The Morgan fingerprint density at radius 2 is 1.82 bits per heavy atom. The van der Waals surface area contributed by atoms with Gasteiger partial charge in [-0.1, -0.05) is 56.8 Å². The van der Waals surface area contributed by atoms with Crippen molar-refractivity contribution >= 4 is 16.5 Å². The Hall–Kier alpha value is -4.52. The molecule has 2 heterocycles. The Balaban J connectivity index is 0.00000141. The number of benzene rings is 3. The number of H-pyrrole nitrogens is 1. The smallest absolute Gasteiger partial charge is 0.127 e. The van der Waals surface area contributed by atoms with Crippen LogP contribution in [0.1, 0.15) is 72.5 Å². The highest BCUT2D eigenvalue weighted by molar-refractivity contribution is 5.88. The van der Waals surface area contributed by atoms with Crippen molar-refractivity contribution in [3.63, 3.8) is 0 Å². The lowest BCUT2D eigenvalue weighted by atomic mass is 9.90. The number of nitrogens with zero attached hydrogens (tertiary/aromatic N) is 2. The van der Waals surface area contributed by atoms with Crippen LogP contribution >= 0.6 is 0 Å². The Kier molecular flexibility index (Phi) is 11.2. The molecule has 7 heteroatoms. The monoisotopic (exact) mass is 598 g/mol. The zero-order valence-electron chi connectivity index (χ0n) is 25.8. The summed E-state index contributed by atoms with van der Waals surface area (Å²) in [6.07, 6.45) is 8.69. The van der Waals surface area contributed by atoms with Crippen LogP contribution in [0, 0.1) is 18.6 Å². The molecular formula is C37H41F3N4. The predicted molar refractivity (Wildman–Crippen MR) is 176 cm³/mol. The van der Waals surface area contributed by atoms with Gasteiger partial charge in [-0.2, -0.15) is 5.10 Å². The quantitative estimate of drug-likeness (QED) is 0.141. The Morgan fingerprint density at radius 1 is 1.05 bits per heavy atom. The fourth-order valence-electron chi connectivity index (χ4n) is 5.52. The molecule has 0 aliphatic heterocycles. The van der Waals surface area contributed by atoms with Crippen molar-refractivity contribution in [2.24, 2.45) is 0 Å². The summed E-state index contributed by atoms with van der Waals surface area (Å²) in [5, 5.41) is 8.54. The maximum Gasteiger partial charge on any atom is 0.127 e. The van der Waals surface area contributed by atoms with E-state index in [1.54, 1.807) is 24.5 Å². The molecule has 44 heavy (non-hydrogen) atoms. The highest BCUT2D eigenvalue weighted by Gasteiger charge is 2.18. The Labute approximate surface area is 258 Å². The number of fused-ring (bicyclic) bond motifs is 1. The van der Waals surface area contributed by atoms with Gasteiger partial charge in [-0.15, -0.1) is 0 Å². The molecule has 0 aliphatic carbocycles. The SMILES string of the molecule is C=CNCCC(CCC)c1cc2[nH]c(C(=C)c3cnn(-c4ccc(Cc5ccccc5F)cc4C)c3)cc2cc1F.CCF. The molecule has 0 saturated carbocycles. The number of hydrogen-bond donors (Lipinski definition) is 2. The summed E-state index contributed by atoms with van der Waals surface area (Å²) in [4.78, 5) is 3.46. The van der Waals surface area contributed by atoms with Crippen LogP contribution in [0.2, 0.25) is 0 Å². The van der Waals surface area contributed by atoms with Crippen molar-refractivity contribution in [2.75, 3.05) is 13.2 Å². The van der Waals surface area contributed by atoms with Crippen molar-refractivity contribution in [2.45, 2.75) is 52.4 Å². The Bertz CT molecular complexity index is 1720. The molecular weight excluding hydrogens is 557 g/mol. The van der Waals surface area contributed by atoms with Gasteiger partial charge in [-0.25, -0.2) is 13.5 Å². The van der Waals surface area contributed by atoms with Crippen LogP contribution in [0.4, 0.5) is 13.2 Å². The van der Waals surface area contributed by atoms with Crippen LogP contribution in [-0.4, -0.2) is 28.0 Å². The second-order valence-corrected chi connectivity index (χ2v) is 10.9. The molecule has 230 valence electrons. The molecule has 2 N–H and O–H groups in total. The van der Waals surface area contributed by atoms with Crippen LogP contribution in [0.25, 0.3) is 22.2 Å². The van der Waals surface area contributed by atoms with E-state index in [1.807, 2.05) is 54.2 Å². The Morgan fingerprint density at radius 3 is 2.52 bits per heavy atom. The van der Waals surface area contributed by atoms with Gasteiger partial charge in [0.05, 0.1) is 18.6 Å². The van der Waals surface area contributed by atoms with Crippen molar-refractivity contribution in [3.8, 4) is 5.69 Å². The van der Waals surface area contributed by atoms with Crippen molar-refractivity contribution < 1.29 is 13.2 Å². The summed E-state index contributed by atoms with van der Waals surface area (Å²) in [6, 6.07) is 18.5. The average molecular weight is 599 g/mol. The summed E-state index contributed by atoms with van der Waals surface area (Å²) in [5.74, 6) is -0.235. The summed E-state index contributed by atoms with van der Waals surface area (Å²) in [7, 11) is 0. The predicted octanol–water partition coefficient (Wildman–Crippen LogP) is 9.58. The van der Waals surface area contributed by atoms with E-state index < -0.39 is 0 Å². The molecule has 4 nitrogen and oxygen atoms in total. The van der Waals surface area contributed by atoms with Gasteiger partial charge < -0.3 is 10.3 Å². The number of rotatable bonds is 12. The molecule has 0 bridgehead atoms. The molecule has 1 unspecified atom stereocenters. The van der Waals surface area contributed by atoms with Crippen molar-refractivity contribution in [1.82, 2.24) is 20.1 Å². The second kappa shape index (κ2) is 15.3. The molecule has 0 aliphatic rings. The molecule has 0 amide bonds. The third-order valence-corrected chi connectivity index (χ3v) is 7.71. The molecule has 0 saturated heterocycles. The number of hydrogen-bond acceptors (Lipinski definition) is 2. The maximum atomic E-state index is 15.2. The first-order chi connectivity index (χ1) is 21.3. The lowest BCUT2D eigenvalue weighted by Crippen LogP contribution is -2.12. The zero-order chi connectivity index (χ0) is 31.6. The minimum atomic E-state index is -0.250. The summed E-state index contributed by atoms with van der Waals surface area (Å²) < 4.78 is 41.5. The van der Waals surface area contributed by atoms with Crippen molar-refractivity contribution in [1.29, 1.82) is 0 Å². The van der Waals surface area contributed by atoms with E-state index in [1.165, 1.54) is 13.0 Å². The van der Waals surface area contributed by atoms with Crippen LogP contribution in [0.3, 0.4) is 0 Å². The number of aromatic nitrogens is 3. The van der Waals surface area contributed by atoms with E-state index in [0.717, 1.165) is 75.9 Å². The molecule has 5 rings (SSSR count). The number of aromatic amines is 1. The third-order valence-electron chi connectivity index (χ3n) is 7.71. The van der Waals surface area contributed by atoms with Gasteiger partial charge in [-0.3, -0.25) is 4.39 Å². The second-order valence-electron chi connectivity index (χ2n) is 10.9. The minimum Gasteiger partial charge on any atom is -0.391 e. The van der Waals surface area contributed by atoms with Gasteiger partial charge in [0.15, 0.2) is 0 Å². The number of nitrogens with one attached hydrogen (secondary N) is 2. The molecule has 0 fully saturated rings. The maximum absolute atomic E-state index is 15.2. The lowest BCUT2D eigenvalue weighted by molar-refractivity contribution is 0.520. The summed E-state index contributed by atoms with van der Waals surface area (Å²) >= 11 is 0. The van der Waals surface area contributed by atoms with E-state index in [4.69, 9.17) is 0 Å². The van der Waals surface area contributed by atoms with Gasteiger partial charge in [0, 0.05) is 46.9 Å². The van der Waals surface area contributed by atoms with Gasteiger partial charge in [0.2, 0.25) is 0 Å². The van der Waals surface area contributed by atoms with E-state index in [2.05, 4.69) is 41.5 Å². The molecule has 2 aromatic heterocycles.